The number of ether oxygens (including phenoxy) is 1. The predicted octanol–water partition coefficient (Wildman–Crippen LogP) is 6.92. The smallest absolute Gasteiger partial charge is 0.229 e. The van der Waals surface area contributed by atoms with E-state index in [-0.39, 0.29) is 5.82 Å². The standard InChI is InChI=1S/C32H37FN6O/c1-2-23-10-8-15-28(33)27(23)21-30-36-29-22-34-32(37-31(29)39(30)25-12-4-5-13-25)35-24-11-9-14-26(20-24)40-19-18-38-16-6-3-7-17-38/h2,8-11,14-15,20,22,25H,1,3-7,12-13,16-19,21H2,(H,34,35,37). The molecule has 2 aromatic carbocycles. The summed E-state index contributed by atoms with van der Waals surface area (Å²) in [7, 11) is 0. The van der Waals surface area contributed by atoms with E-state index >= 15 is 0 Å². The Morgan fingerprint density at radius 2 is 1.85 bits per heavy atom. The van der Waals surface area contributed by atoms with E-state index < -0.39 is 0 Å². The number of nitrogens with zero attached hydrogens (tertiary/aromatic N) is 5. The van der Waals surface area contributed by atoms with Gasteiger partial charge >= 0.3 is 0 Å². The quantitative estimate of drug-likeness (QED) is 0.235. The number of nitrogens with one attached hydrogen (secondary N) is 1. The van der Waals surface area contributed by atoms with Gasteiger partial charge in [-0.2, -0.15) is 4.98 Å². The topological polar surface area (TPSA) is 68.1 Å². The normalized spacial score (nSPS) is 16.4. The zero-order valence-electron chi connectivity index (χ0n) is 23.0. The molecule has 2 fully saturated rings. The van der Waals surface area contributed by atoms with E-state index in [1.165, 1.54) is 51.3 Å². The van der Waals surface area contributed by atoms with Gasteiger partial charge in [-0.15, -0.1) is 0 Å². The zero-order valence-corrected chi connectivity index (χ0v) is 23.0. The van der Waals surface area contributed by atoms with Crippen LogP contribution in [0.3, 0.4) is 0 Å². The minimum atomic E-state index is -0.242. The molecule has 0 atom stereocenters. The third-order valence-corrected chi connectivity index (χ3v) is 8.12. The molecule has 0 unspecified atom stereocenters. The maximum Gasteiger partial charge on any atom is 0.229 e. The number of anilines is 2. The van der Waals surface area contributed by atoms with Gasteiger partial charge in [0.05, 0.1) is 6.20 Å². The predicted molar refractivity (Wildman–Crippen MR) is 158 cm³/mol. The number of halogens is 1. The average Bonchev–Trinajstić information content (AvgIpc) is 3.62. The Morgan fingerprint density at radius 1 is 1.02 bits per heavy atom. The monoisotopic (exact) mass is 540 g/mol. The maximum atomic E-state index is 14.9. The van der Waals surface area contributed by atoms with Gasteiger partial charge in [0.25, 0.3) is 0 Å². The number of hydrogen-bond acceptors (Lipinski definition) is 6. The second-order valence-electron chi connectivity index (χ2n) is 10.8. The summed E-state index contributed by atoms with van der Waals surface area (Å²) >= 11 is 0. The van der Waals surface area contributed by atoms with Crippen molar-refractivity contribution in [1.29, 1.82) is 0 Å². The zero-order chi connectivity index (χ0) is 27.3. The van der Waals surface area contributed by atoms with Gasteiger partial charge in [0, 0.05) is 36.3 Å². The molecule has 0 bridgehead atoms. The van der Waals surface area contributed by atoms with E-state index in [0.717, 1.165) is 53.4 Å². The number of fused-ring (bicyclic) bond motifs is 1. The fourth-order valence-electron chi connectivity index (χ4n) is 6.05. The fourth-order valence-corrected chi connectivity index (χ4v) is 6.05. The Balaban J connectivity index is 1.23. The lowest BCUT2D eigenvalue weighted by Crippen LogP contribution is -2.33. The van der Waals surface area contributed by atoms with E-state index in [1.54, 1.807) is 18.3 Å². The summed E-state index contributed by atoms with van der Waals surface area (Å²) in [5, 5.41) is 3.35. The molecule has 2 aromatic heterocycles. The molecule has 2 aliphatic rings. The van der Waals surface area contributed by atoms with Crippen LogP contribution in [0.25, 0.3) is 17.2 Å². The molecule has 1 N–H and O–H groups in total. The summed E-state index contributed by atoms with van der Waals surface area (Å²) in [6.45, 7) is 7.83. The summed E-state index contributed by atoms with van der Waals surface area (Å²) < 4.78 is 23.1. The molecule has 8 heteroatoms. The molecule has 7 nitrogen and oxygen atoms in total. The molecule has 6 rings (SSSR count). The number of piperidine rings is 1. The summed E-state index contributed by atoms with van der Waals surface area (Å²) in [5.74, 6) is 1.89. The van der Waals surface area contributed by atoms with Crippen LogP contribution in [0.5, 0.6) is 5.75 Å². The highest BCUT2D eigenvalue weighted by Crippen LogP contribution is 2.34. The lowest BCUT2D eigenvalue weighted by Gasteiger charge is -2.26. The van der Waals surface area contributed by atoms with Crippen molar-refractivity contribution in [3.05, 3.63) is 78.0 Å². The number of hydrogen-bond donors (Lipinski definition) is 1. The highest BCUT2D eigenvalue weighted by atomic mass is 19.1. The Labute approximate surface area is 235 Å². The van der Waals surface area contributed by atoms with Crippen LogP contribution in [0.2, 0.25) is 0 Å². The number of imidazole rings is 1. The van der Waals surface area contributed by atoms with Crippen LogP contribution in [0.15, 0.2) is 55.2 Å². The van der Waals surface area contributed by atoms with Crippen molar-refractivity contribution < 1.29 is 9.13 Å². The minimum Gasteiger partial charge on any atom is -0.492 e. The highest BCUT2D eigenvalue weighted by molar-refractivity contribution is 5.73. The SMILES string of the molecule is C=Cc1cccc(F)c1Cc1nc2cnc(Nc3cccc(OCCN4CCCCC4)c3)nc2n1C1CCCC1. The van der Waals surface area contributed by atoms with E-state index in [4.69, 9.17) is 14.7 Å². The van der Waals surface area contributed by atoms with Gasteiger partial charge in [-0.25, -0.2) is 14.4 Å². The minimum absolute atomic E-state index is 0.242. The Morgan fingerprint density at radius 3 is 2.67 bits per heavy atom. The molecule has 40 heavy (non-hydrogen) atoms. The van der Waals surface area contributed by atoms with Crippen LogP contribution >= 0.6 is 0 Å². The van der Waals surface area contributed by atoms with Crippen molar-refractivity contribution in [3.8, 4) is 5.75 Å². The summed E-state index contributed by atoms with van der Waals surface area (Å²) in [4.78, 5) is 16.8. The number of rotatable bonds is 10. The van der Waals surface area contributed by atoms with Crippen LogP contribution in [0, 0.1) is 5.82 Å². The van der Waals surface area contributed by atoms with Crippen molar-refractivity contribution >= 4 is 28.9 Å². The number of aromatic nitrogens is 4. The average molecular weight is 541 g/mol. The molecular weight excluding hydrogens is 503 g/mol. The first-order valence-electron chi connectivity index (χ1n) is 14.5. The maximum absolute atomic E-state index is 14.9. The van der Waals surface area contributed by atoms with Crippen molar-refractivity contribution in [2.24, 2.45) is 0 Å². The first-order valence-corrected chi connectivity index (χ1v) is 14.5. The second-order valence-corrected chi connectivity index (χ2v) is 10.8. The first-order chi connectivity index (χ1) is 19.7. The Kier molecular flexibility index (Phi) is 8.04. The first kappa shape index (κ1) is 26.4. The molecule has 1 saturated heterocycles. The van der Waals surface area contributed by atoms with Crippen LogP contribution in [-0.2, 0) is 6.42 Å². The Hall–Kier alpha value is -3.78. The van der Waals surface area contributed by atoms with Gasteiger partial charge in [0.15, 0.2) is 5.65 Å². The second kappa shape index (κ2) is 12.2. The highest BCUT2D eigenvalue weighted by Gasteiger charge is 2.25. The molecule has 1 aliphatic carbocycles. The van der Waals surface area contributed by atoms with Gasteiger partial charge in [0.2, 0.25) is 5.95 Å². The summed E-state index contributed by atoms with van der Waals surface area (Å²) in [6, 6.07) is 13.3. The number of benzene rings is 2. The van der Waals surface area contributed by atoms with Gasteiger partial charge in [-0.3, -0.25) is 4.90 Å². The van der Waals surface area contributed by atoms with Gasteiger partial charge in [-0.1, -0.05) is 50.1 Å². The fraction of sp³-hybridized carbons (Fsp3) is 0.406. The van der Waals surface area contributed by atoms with E-state index in [9.17, 15) is 4.39 Å². The number of likely N-dealkylation sites (tertiary alicyclic amines) is 1. The lowest BCUT2D eigenvalue weighted by atomic mass is 10.0. The van der Waals surface area contributed by atoms with E-state index in [1.807, 2.05) is 30.3 Å². The molecule has 3 heterocycles. The van der Waals surface area contributed by atoms with Gasteiger partial charge < -0.3 is 14.6 Å². The molecule has 0 spiro atoms. The van der Waals surface area contributed by atoms with Gasteiger partial charge in [-0.05, 0) is 62.5 Å². The van der Waals surface area contributed by atoms with E-state index in [2.05, 4.69) is 26.3 Å². The van der Waals surface area contributed by atoms with Crippen LogP contribution in [0.1, 0.15) is 67.9 Å². The summed E-state index contributed by atoms with van der Waals surface area (Å²) in [5.41, 5.74) is 3.76. The largest absolute Gasteiger partial charge is 0.492 e. The van der Waals surface area contributed by atoms with E-state index in [0.29, 0.717) is 30.6 Å². The van der Waals surface area contributed by atoms with Gasteiger partial charge in [0.1, 0.15) is 29.5 Å². The Bertz CT molecular complexity index is 1470. The van der Waals surface area contributed by atoms with Crippen molar-refractivity contribution in [1.82, 2.24) is 24.4 Å². The van der Waals surface area contributed by atoms with Crippen LogP contribution in [0.4, 0.5) is 16.0 Å². The molecule has 4 aromatic rings. The molecule has 0 amide bonds. The molecule has 0 radical (unpaired) electrons. The summed E-state index contributed by atoms with van der Waals surface area (Å²) in [6.07, 6.45) is 12.2. The van der Waals surface area contributed by atoms with Crippen molar-refractivity contribution in [3.63, 3.8) is 0 Å². The lowest BCUT2D eigenvalue weighted by molar-refractivity contribution is 0.183. The molecular formula is C32H37FN6O. The van der Waals surface area contributed by atoms with Crippen LogP contribution < -0.4 is 10.1 Å². The van der Waals surface area contributed by atoms with Crippen molar-refractivity contribution in [2.45, 2.75) is 57.4 Å². The molecule has 1 saturated carbocycles. The molecule has 208 valence electrons. The third-order valence-electron chi connectivity index (χ3n) is 8.12. The molecule has 1 aliphatic heterocycles. The third kappa shape index (κ3) is 5.87. The van der Waals surface area contributed by atoms with Crippen LogP contribution in [-0.4, -0.2) is 50.7 Å². The van der Waals surface area contributed by atoms with Crippen molar-refractivity contribution in [2.75, 3.05) is 31.6 Å².